The first-order chi connectivity index (χ1) is 10.1. The van der Waals surface area contributed by atoms with E-state index >= 15 is 0 Å². The van der Waals surface area contributed by atoms with E-state index in [1.165, 1.54) is 0 Å². The van der Waals surface area contributed by atoms with Crippen molar-refractivity contribution in [2.24, 2.45) is 0 Å². The summed E-state index contributed by atoms with van der Waals surface area (Å²) in [6, 6.07) is 7.10. The van der Waals surface area contributed by atoms with Gasteiger partial charge >= 0.3 is 0 Å². The van der Waals surface area contributed by atoms with Gasteiger partial charge in [-0.05, 0) is 24.6 Å². The van der Waals surface area contributed by atoms with E-state index in [0.29, 0.717) is 39.5 Å². The minimum atomic E-state index is -0.0962. The van der Waals surface area contributed by atoms with E-state index in [1.54, 1.807) is 24.8 Å². The molecular weight excluding hydrogens is 331 g/mol. The largest absolute Gasteiger partial charge is 0.360 e. The van der Waals surface area contributed by atoms with Crippen LogP contribution in [0.5, 0.6) is 0 Å². The Labute approximate surface area is 137 Å². The smallest absolute Gasteiger partial charge is 0.226 e. The van der Waals surface area contributed by atoms with E-state index in [4.69, 9.17) is 27.7 Å². The molecule has 0 saturated heterocycles. The van der Waals surface area contributed by atoms with E-state index in [-0.39, 0.29) is 5.91 Å². The Hall–Kier alpha value is -1.17. The Morgan fingerprint density at radius 3 is 2.71 bits per heavy atom. The third-order valence-electron chi connectivity index (χ3n) is 2.68. The molecule has 1 heterocycles. The molecule has 0 atom stereocenters. The molecule has 7 heteroatoms. The number of rotatable bonds is 6. The maximum Gasteiger partial charge on any atom is 0.226 e. The lowest BCUT2D eigenvalue weighted by Crippen LogP contribution is -2.12. The van der Waals surface area contributed by atoms with Gasteiger partial charge in [0.05, 0.1) is 0 Å². The SMILES string of the molecule is Cc1cc(NC(=O)CCSCc2c(Cl)cccc2Cl)no1. The number of halogens is 2. The number of amides is 1. The molecule has 0 aliphatic rings. The quantitative estimate of drug-likeness (QED) is 0.781. The summed E-state index contributed by atoms with van der Waals surface area (Å²) in [4.78, 5) is 11.7. The minimum absolute atomic E-state index is 0.0962. The summed E-state index contributed by atoms with van der Waals surface area (Å²) in [7, 11) is 0. The van der Waals surface area contributed by atoms with Crippen LogP contribution in [0, 0.1) is 6.92 Å². The third-order valence-corrected chi connectivity index (χ3v) is 4.37. The van der Waals surface area contributed by atoms with Crippen molar-refractivity contribution in [2.75, 3.05) is 11.1 Å². The summed E-state index contributed by atoms with van der Waals surface area (Å²) in [5.74, 6) is 2.35. The molecule has 0 radical (unpaired) electrons. The summed E-state index contributed by atoms with van der Waals surface area (Å²) in [6.45, 7) is 1.77. The number of thioether (sulfide) groups is 1. The van der Waals surface area contributed by atoms with Gasteiger partial charge in [0.15, 0.2) is 5.82 Å². The highest BCUT2D eigenvalue weighted by Crippen LogP contribution is 2.28. The molecule has 2 aromatic rings. The van der Waals surface area contributed by atoms with Gasteiger partial charge in [-0.15, -0.1) is 0 Å². The zero-order valence-electron chi connectivity index (χ0n) is 11.4. The number of anilines is 1. The van der Waals surface area contributed by atoms with Gasteiger partial charge in [0.2, 0.25) is 5.91 Å². The molecular formula is C14H14Cl2N2O2S. The van der Waals surface area contributed by atoms with Gasteiger partial charge in [-0.25, -0.2) is 0 Å². The Morgan fingerprint density at radius 1 is 1.38 bits per heavy atom. The second kappa shape index (κ2) is 7.73. The van der Waals surface area contributed by atoms with Crippen LogP contribution in [0.3, 0.4) is 0 Å². The van der Waals surface area contributed by atoms with Crippen molar-refractivity contribution in [3.05, 3.63) is 45.6 Å². The van der Waals surface area contributed by atoms with Gasteiger partial charge in [-0.2, -0.15) is 11.8 Å². The number of benzene rings is 1. The van der Waals surface area contributed by atoms with Gasteiger partial charge in [0.1, 0.15) is 5.76 Å². The van der Waals surface area contributed by atoms with E-state index < -0.39 is 0 Å². The lowest BCUT2D eigenvalue weighted by molar-refractivity contribution is -0.115. The summed E-state index contributed by atoms with van der Waals surface area (Å²) in [5, 5.41) is 7.68. The van der Waals surface area contributed by atoms with Crippen LogP contribution in [0.1, 0.15) is 17.7 Å². The summed E-state index contributed by atoms with van der Waals surface area (Å²) in [6.07, 6.45) is 0.388. The zero-order valence-corrected chi connectivity index (χ0v) is 13.7. The van der Waals surface area contributed by atoms with Crippen LogP contribution in [0.15, 0.2) is 28.8 Å². The van der Waals surface area contributed by atoms with E-state index in [0.717, 1.165) is 5.56 Å². The van der Waals surface area contributed by atoms with Gasteiger partial charge in [-0.1, -0.05) is 34.4 Å². The molecule has 0 unspecified atom stereocenters. The van der Waals surface area contributed by atoms with Crippen molar-refractivity contribution in [1.82, 2.24) is 5.16 Å². The van der Waals surface area contributed by atoms with Crippen LogP contribution in [0.2, 0.25) is 10.0 Å². The summed E-state index contributed by atoms with van der Waals surface area (Å²) >= 11 is 13.8. The lowest BCUT2D eigenvalue weighted by atomic mass is 10.2. The predicted molar refractivity (Wildman–Crippen MR) is 87.1 cm³/mol. The van der Waals surface area contributed by atoms with Crippen molar-refractivity contribution >= 4 is 46.7 Å². The van der Waals surface area contributed by atoms with Crippen LogP contribution >= 0.6 is 35.0 Å². The predicted octanol–water partition coefficient (Wildman–Crippen LogP) is 4.55. The number of nitrogens with zero attached hydrogens (tertiary/aromatic N) is 1. The van der Waals surface area contributed by atoms with Crippen molar-refractivity contribution in [3.63, 3.8) is 0 Å². The Kier molecular flexibility index (Phi) is 5.96. The fourth-order valence-corrected chi connectivity index (χ4v) is 3.32. The number of aryl methyl sites for hydroxylation is 1. The molecule has 0 aliphatic carbocycles. The average Bonchev–Trinajstić information content (AvgIpc) is 2.82. The molecule has 1 N–H and O–H groups in total. The van der Waals surface area contributed by atoms with Crippen LogP contribution in [-0.4, -0.2) is 16.8 Å². The second-order valence-corrected chi connectivity index (χ2v) is 6.29. The van der Waals surface area contributed by atoms with Gasteiger partial charge in [0.25, 0.3) is 0 Å². The fraction of sp³-hybridized carbons (Fsp3) is 0.286. The topological polar surface area (TPSA) is 55.1 Å². The molecule has 0 bridgehead atoms. The lowest BCUT2D eigenvalue weighted by Gasteiger charge is -2.06. The first-order valence-electron chi connectivity index (χ1n) is 6.30. The Balaban J connectivity index is 1.73. The highest BCUT2D eigenvalue weighted by Gasteiger charge is 2.08. The number of hydrogen-bond donors (Lipinski definition) is 1. The van der Waals surface area contributed by atoms with Gasteiger partial charge in [-0.3, -0.25) is 4.79 Å². The molecule has 1 aromatic heterocycles. The normalized spacial score (nSPS) is 10.6. The molecule has 21 heavy (non-hydrogen) atoms. The molecule has 0 saturated carbocycles. The van der Waals surface area contributed by atoms with Gasteiger partial charge < -0.3 is 9.84 Å². The average molecular weight is 345 g/mol. The number of hydrogen-bond acceptors (Lipinski definition) is 4. The monoisotopic (exact) mass is 344 g/mol. The van der Waals surface area contributed by atoms with Crippen molar-refractivity contribution < 1.29 is 9.32 Å². The standard InChI is InChI=1S/C14H14Cl2N2O2S/c1-9-7-13(18-20-9)17-14(19)5-6-21-8-10-11(15)3-2-4-12(10)16/h2-4,7H,5-6,8H2,1H3,(H,17,18,19). The van der Waals surface area contributed by atoms with E-state index in [9.17, 15) is 4.79 Å². The van der Waals surface area contributed by atoms with Crippen molar-refractivity contribution in [2.45, 2.75) is 19.1 Å². The first-order valence-corrected chi connectivity index (χ1v) is 8.21. The molecule has 0 spiro atoms. The zero-order chi connectivity index (χ0) is 15.2. The summed E-state index contributed by atoms with van der Waals surface area (Å²) in [5.41, 5.74) is 0.901. The molecule has 1 amide bonds. The highest BCUT2D eigenvalue weighted by molar-refractivity contribution is 7.98. The van der Waals surface area contributed by atoms with Gasteiger partial charge in [0, 0.05) is 34.0 Å². The molecule has 112 valence electrons. The number of carbonyl (C=O) groups excluding carboxylic acids is 1. The molecule has 0 fully saturated rings. The van der Waals surface area contributed by atoms with E-state index in [1.807, 2.05) is 18.2 Å². The number of nitrogens with one attached hydrogen (secondary N) is 1. The first kappa shape index (κ1) is 16.2. The summed E-state index contributed by atoms with van der Waals surface area (Å²) < 4.78 is 4.88. The van der Waals surface area contributed by atoms with Crippen LogP contribution < -0.4 is 5.32 Å². The second-order valence-electron chi connectivity index (χ2n) is 4.37. The number of aromatic nitrogens is 1. The highest BCUT2D eigenvalue weighted by atomic mass is 35.5. The third kappa shape index (κ3) is 4.95. The maximum absolute atomic E-state index is 11.7. The van der Waals surface area contributed by atoms with Crippen molar-refractivity contribution in [3.8, 4) is 0 Å². The fourth-order valence-electron chi connectivity index (χ4n) is 1.64. The van der Waals surface area contributed by atoms with E-state index in [2.05, 4.69) is 10.5 Å². The minimum Gasteiger partial charge on any atom is -0.360 e. The Bertz CT molecular complexity index is 611. The maximum atomic E-state index is 11.7. The number of carbonyl (C=O) groups is 1. The van der Waals surface area contributed by atoms with Crippen LogP contribution in [-0.2, 0) is 10.5 Å². The molecule has 0 aliphatic heterocycles. The molecule has 1 aromatic carbocycles. The molecule has 4 nitrogen and oxygen atoms in total. The Morgan fingerprint density at radius 2 is 2.10 bits per heavy atom. The van der Waals surface area contributed by atoms with Crippen LogP contribution in [0.4, 0.5) is 5.82 Å². The van der Waals surface area contributed by atoms with Crippen molar-refractivity contribution in [1.29, 1.82) is 0 Å². The van der Waals surface area contributed by atoms with Crippen LogP contribution in [0.25, 0.3) is 0 Å². The molecule has 2 rings (SSSR count).